The Bertz CT molecular complexity index is 1070. The maximum atomic E-state index is 13.2. The van der Waals surface area contributed by atoms with E-state index in [0.29, 0.717) is 37.0 Å². The van der Waals surface area contributed by atoms with E-state index >= 15 is 0 Å². The van der Waals surface area contributed by atoms with Crippen molar-refractivity contribution in [3.8, 4) is 17.4 Å². The van der Waals surface area contributed by atoms with Gasteiger partial charge in [0.05, 0.1) is 6.07 Å². The molecule has 0 saturated carbocycles. The molecule has 0 aliphatic carbocycles. The van der Waals surface area contributed by atoms with Gasteiger partial charge >= 0.3 is 0 Å². The molecule has 2 aromatic carbocycles. The fourth-order valence-corrected chi connectivity index (χ4v) is 3.70. The summed E-state index contributed by atoms with van der Waals surface area (Å²) in [4.78, 5) is 16.6. The van der Waals surface area contributed by atoms with E-state index in [-0.39, 0.29) is 17.5 Å². The highest BCUT2D eigenvalue weighted by Gasteiger charge is 2.28. The minimum absolute atomic E-state index is 0.176. The van der Waals surface area contributed by atoms with Crippen molar-refractivity contribution in [3.63, 3.8) is 0 Å². The molecule has 5 nitrogen and oxygen atoms in total. The van der Waals surface area contributed by atoms with Crippen molar-refractivity contribution in [2.45, 2.75) is 6.04 Å². The summed E-state index contributed by atoms with van der Waals surface area (Å²) in [6.07, 6.45) is 0. The summed E-state index contributed by atoms with van der Waals surface area (Å²) in [5, 5.41) is 10.2. The molecule has 0 N–H and O–H groups in total. The van der Waals surface area contributed by atoms with Gasteiger partial charge in [-0.1, -0.05) is 23.7 Å². The lowest BCUT2D eigenvalue weighted by molar-refractivity contribution is 0.0577. The Morgan fingerprint density at radius 2 is 1.67 bits per heavy atom. The third-order valence-electron chi connectivity index (χ3n) is 5.22. The quantitative estimate of drug-likeness (QED) is 0.607. The fraction of sp³-hybridized carbons (Fsp3) is 0.217. The van der Waals surface area contributed by atoms with Gasteiger partial charge in [-0.15, -0.1) is 0 Å². The van der Waals surface area contributed by atoms with E-state index in [0.717, 1.165) is 11.1 Å². The van der Waals surface area contributed by atoms with Gasteiger partial charge in [-0.2, -0.15) is 5.26 Å². The molecule has 30 heavy (non-hydrogen) atoms. The standard InChI is InChI=1S/C23H19ClFN3O2/c24-18-5-1-17(2-6-18)21-9-10-22(30-21)23(29)28-13-11-27(12-14-28)20(15-26)16-3-7-19(25)8-4-16/h1-10,20H,11-14H2/t20-/m1/s1. The predicted octanol–water partition coefficient (Wildman–Crippen LogP) is 4.76. The Kier molecular flexibility index (Phi) is 5.84. The number of hydrogen-bond acceptors (Lipinski definition) is 4. The Morgan fingerprint density at radius 1 is 1.00 bits per heavy atom. The van der Waals surface area contributed by atoms with Gasteiger partial charge in [-0.05, 0) is 54.1 Å². The topological polar surface area (TPSA) is 60.5 Å². The van der Waals surface area contributed by atoms with Crippen molar-refractivity contribution in [2.75, 3.05) is 26.2 Å². The van der Waals surface area contributed by atoms with Gasteiger partial charge in [-0.25, -0.2) is 4.39 Å². The Hall–Kier alpha value is -3.14. The van der Waals surface area contributed by atoms with Crippen LogP contribution in [0, 0.1) is 17.1 Å². The van der Waals surface area contributed by atoms with Gasteiger partial charge in [0.25, 0.3) is 5.91 Å². The molecule has 1 fully saturated rings. The Balaban J connectivity index is 1.40. The first-order valence-electron chi connectivity index (χ1n) is 9.59. The molecular formula is C23H19ClFN3O2. The third kappa shape index (κ3) is 4.23. The molecule has 0 radical (unpaired) electrons. The van der Waals surface area contributed by atoms with Crippen molar-refractivity contribution in [1.82, 2.24) is 9.80 Å². The lowest BCUT2D eigenvalue weighted by Gasteiger charge is -2.36. The number of hydrogen-bond donors (Lipinski definition) is 0. The number of benzene rings is 2. The average Bonchev–Trinajstić information content (AvgIpc) is 3.26. The van der Waals surface area contributed by atoms with Crippen molar-refractivity contribution < 1.29 is 13.6 Å². The second kappa shape index (κ2) is 8.70. The first-order chi connectivity index (χ1) is 14.5. The fourth-order valence-electron chi connectivity index (χ4n) is 3.57. The lowest BCUT2D eigenvalue weighted by Crippen LogP contribution is -2.49. The number of nitriles is 1. The van der Waals surface area contributed by atoms with Crippen LogP contribution < -0.4 is 0 Å². The summed E-state index contributed by atoms with van der Waals surface area (Å²) in [5.74, 6) is 0.380. The van der Waals surface area contributed by atoms with Gasteiger partial charge in [0.1, 0.15) is 17.6 Å². The zero-order valence-electron chi connectivity index (χ0n) is 16.1. The van der Waals surface area contributed by atoms with Crippen LogP contribution in [-0.2, 0) is 0 Å². The molecule has 1 saturated heterocycles. The monoisotopic (exact) mass is 423 g/mol. The molecule has 1 atom stereocenters. The molecule has 2 heterocycles. The van der Waals surface area contributed by atoms with Gasteiger partial charge in [0.2, 0.25) is 0 Å². The Morgan fingerprint density at radius 3 is 2.30 bits per heavy atom. The number of piperazine rings is 1. The summed E-state index contributed by atoms with van der Waals surface area (Å²) >= 11 is 5.91. The number of furan rings is 1. The average molecular weight is 424 g/mol. The van der Waals surface area contributed by atoms with Crippen LogP contribution >= 0.6 is 11.6 Å². The summed E-state index contributed by atoms with van der Waals surface area (Å²) < 4.78 is 18.9. The number of nitrogens with zero attached hydrogens (tertiary/aromatic N) is 3. The molecule has 0 bridgehead atoms. The molecule has 0 unspecified atom stereocenters. The van der Waals surface area contributed by atoms with Crippen molar-refractivity contribution in [1.29, 1.82) is 5.26 Å². The molecule has 1 aliphatic rings. The summed E-state index contributed by atoms with van der Waals surface area (Å²) in [5.41, 5.74) is 1.59. The van der Waals surface area contributed by atoms with Crippen LogP contribution in [-0.4, -0.2) is 41.9 Å². The van der Waals surface area contributed by atoms with E-state index in [9.17, 15) is 14.4 Å². The second-order valence-corrected chi connectivity index (χ2v) is 7.52. The van der Waals surface area contributed by atoms with E-state index in [1.807, 2.05) is 17.0 Å². The molecular weight excluding hydrogens is 405 g/mol. The van der Waals surface area contributed by atoms with Crippen LogP contribution in [0.1, 0.15) is 22.2 Å². The van der Waals surface area contributed by atoms with E-state index in [2.05, 4.69) is 6.07 Å². The lowest BCUT2D eigenvalue weighted by atomic mass is 10.1. The first-order valence-corrected chi connectivity index (χ1v) is 9.97. The first kappa shape index (κ1) is 20.1. The summed E-state index contributed by atoms with van der Waals surface area (Å²) in [7, 11) is 0. The minimum atomic E-state index is -0.469. The highest BCUT2D eigenvalue weighted by atomic mass is 35.5. The molecule has 0 spiro atoms. The molecule has 1 amide bonds. The van der Waals surface area contributed by atoms with Crippen LogP contribution in [0.2, 0.25) is 5.02 Å². The minimum Gasteiger partial charge on any atom is -0.451 e. The molecule has 1 aromatic heterocycles. The molecule has 4 rings (SSSR count). The van der Waals surface area contributed by atoms with Crippen LogP contribution in [0.3, 0.4) is 0 Å². The van der Waals surface area contributed by atoms with E-state index < -0.39 is 6.04 Å². The maximum Gasteiger partial charge on any atom is 0.289 e. The number of rotatable bonds is 4. The zero-order valence-corrected chi connectivity index (χ0v) is 16.8. The molecule has 7 heteroatoms. The molecule has 152 valence electrons. The number of amides is 1. The largest absolute Gasteiger partial charge is 0.451 e. The second-order valence-electron chi connectivity index (χ2n) is 7.08. The highest BCUT2D eigenvalue weighted by molar-refractivity contribution is 6.30. The van der Waals surface area contributed by atoms with E-state index in [4.69, 9.17) is 16.0 Å². The van der Waals surface area contributed by atoms with Gasteiger partial charge < -0.3 is 9.32 Å². The van der Waals surface area contributed by atoms with Crippen LogP contribution in [0.4, 0.5) is 4.39 Å². The van der Waals surface area contributed by atoms with Crippen molar-refractivity contribution in [3.05, 3.63) is 82.8 Å². The number of carbonyl (C=O) groups excluding carboxylic acids is 1. The molecule has 1 aliphatic heterocycles. The van der Waals surface area contributed by atoms with E-state index in [1.54, 1.807) is 41.3 Å². The van der Waals surface area contributed by atoms with Gasteiger partial charge in [0.15, 0.2) is 5.76 Å². The highest BCUT2D eigenvalue weighted by Crippen LogP contribution is 2.26. The smallest absolute Gasteiger partial charge is 0.289 e. The van der Waals surface area contributed by atoms with Crippen molar-refractivity contribution >= 4 is 17.5 Å². The normalized spacial score (nSPS) is 15.6. The number of carbonyl (C=O) groups is 1. The molecule has 3 aromatic rings. The van der Waals surface area contributed by atoms with Crippen LogP contribution in [0.5, 0.6) is 0 Å². The Labute approximate surface area is 178 Å². The summed E-state index contributed by atoms with van der Waals surface area (Å²) in [6.45, 7) is 2.06. The van der Waals surface area contributed by atoms with Crippen LogP contribution in [0.25, 0.3) is 11.3 Å². The van der Waals surface area contributed by atoms with Crippen molar-refractivity contribution in [2.24, 2.45) is 0 Å². The van der Waals surface area contributed by atoms with E-state index in [1.165, 1.54) is 12.1 Å². The number of halogens is 2. The predicted molar refractivity (Wildman–Crippen MR) is 111 cm³/mol. The third-order valence-corrected chi connectivity index (χ3v) is 5.47. The zero-order chi connectivity index (χ0) is 21.1. The van der Waals surface area contributed by atoms with Crippen LogP contribution in [0.15, 0.2) is 65.1 Å². The summed E-state index contributed by atoms with van der Waals surface area (Å²) in [6, 6.07) is 18.4. The van der Waals surface area contributed by atoms with Gasteiger partial charge in [0, 0.05) is 36.8 Å². The maximum absolute atomic E-state index is 13.2. The van der Waals surface area contributed by atoms with Gasteiger partial charge in [-0.3, -0.25) is 9.69 Å². The SMILES string of the molecule is N#C[C@H](c1ccc(F)cc1)N1CCN(C(=O)c2ccc(-c3ccc(Cl)cc3)o2)CC1.